The maximum Gasteiger partial charge on any atom is 0.219 e. The molecule has 0 aromatic rings. The zero-order valence-corrected chi connectivity index (χ0v) is 33.1. The average Bonchev–Trinajstić information content (AvgIpc) is 3.09. The van der Waals surface area contributed by atoms with E-state index in [2.05, 4.69) is 24.5 Å². The zero-order chi connectivity index (χ0) is 34.9. The third-order valence-electron chi connectivity index (χ3n) is 10.3. The predicted molar refractivity (Wildman–Crippen MR) is 213 cm³/mol. The maximum atomic E-state index is 12.1. The molecule has 48 heavy (non-hydrogen) atoms. The van der Waals surface area contributed by atoms with Crippen LogP contribution in [0.15, 0.2) is 0 Å². The van der Waals surface area contributed by atoms with Gasteiger partial charge in [-0.2, -0.15) is 0 Å². The van der Waals surface area contributed by atoms with E-state index < -0.39 is 0 Å². The second-order valence-corrected chi connectivity index (χ2v) is 15.2. The molecule has 0 spiro atoms. The molecule has 2 N–H and O–H groups in total. The van der Waals surface area contributed by atoms with E-state index in [9.17, 15) is 9.59 Å². The van der Waals surface area contributed by atoms with Crippen LogP contribution in [0, 0.1) is 0 Å². The molecular formula is C44H88N2O2. The number of carbonyl (C=O) groups is 2. The monoisotopic (exact) mass is 677 g/mol. The van der Waals surface area contributed by atoms with Crippen LogP contribution < -0.4 is 10.6 Å². The highest BCUT2D eigenvalue weighted by Gasteiger charge is 2.03. The van der Waals surface area contributed by atoms with Crippen molar-refractivity contribution in [2.75, 3.05) is 13.1 Å². The normalized spacial score (nSPS) is 11.3. The Labute approximate surface area is 302 Å². The summed E-state index contributed by atoms with van der Waals surface area (Å²) in [5.41, 5.74) is 0. The highest BCUT2D eigenvalue weighted by molar-refractivity contribution is 5.76. The summed E-state index contributed by atoms with van der Waals surface area (Å²) in [4.78, 5) is 24.2. The molecule has 0 bridgehead atoms. The highest BCUT2D eigenvalue weighted by atomic mass is 16.2. The summed E-state index contributed by atoms with van der Waals surface area (Å²) in [7, 11) is 0. The first kappa shape index (κ1) is 46.9. The third-order valence-corrected chi connectivity index (χ3v) is 10.3. The van der Waals surface area contributed by atoms with Crippen LogP contribution in [0.4, 0.5) is 0 Å². The predicted octanol–water partition coefficient (Wildman–Crippen LogP) is 14.1. The summed E-state index contributed by atoms with van der Waals surface area (Å²) in [6.07, 6.45) is 49.2. The van der Waals surface area contributed by atoms with Gasteiger partial charge in [0.15, 0.2) is 0 Å². The van der Waals surface area contributed by atoms with E-state index >= 15 is 0 Å². The molecule has 0 saturated heterocycles. The summed E-state index contributed by atoms with van der Waals surface area (Å²) in [6, 6.07) is 0. The fourth-order valence-corrected chi connectivity index (χ4v) is 6.90. The SMILES string of the molecule is CCCCCCCCCCCCCCCCCC(=O)NCCCCCCCCNC(=O)CCCCCCCCCCCCCCCCC. The van der Waals surface area contributed by atoms with Crippen LogP contribution >= 0.6 is 0 Å². The lowest BCUT2D eigenvalue weighted by molar-refractivity contribution is -0.122. The number of unbranched alkanes of at least 4 members (excludes halogenated alkanes) is 33. The molecule has 0 aromatic carbocycles. The van der Waals surface area contributed by atoms with Crippen LogP contribution in [0.1, 0.15) is 258 Å². The molecule has 0 aliphatic carbocycles. The summed E-state index contributed by atoms with van der Waals surface area (Å²) in [5, 5.41) is 6.23. The van der Waals surface area contributed by atoms with E-state index in [0.29, 0.717) is 12.8 Å². The lowest BCUT2D eigenvalue weighted by Gasteiger charge is -2.07. The number of rotatable bonds is 41. The highest BCUT2D eigenvalue weighted by Crippen LogP contribution is 2.15. The van der Waals surface area contributed by atoms with E-state index in [1.807, 2.05) is 0 Å². The van der Waals surface area contributed by atoms with Gasteiger partial charge in [0.2, 0.25) is 11.8 Å². The molecule has 0 saturated carbocycles. The quantitative estimate of drug-likeness (QED) is 0.0633. The Kier molecular flexibility index (Phi) is 41.2. The molecule has 0 aliphatic rings. The molecule has 2 amide bonds. The van der Waals surface area contributed by atoms with E-state index in [1.54, 1.807) is 0 Å². The Morgan fingerprint density at radius 2 is 0.458 bits per heavy atom. The first-order chi connectivity index (χ1) is 23.7. The van der Waals surface area contributed by atoms with Crippen LogP contribution in [0.2, 0.25) is 0 Å². The van der Waals surface area contributed by atoms with Crippen LogP contribution in [0.25, 0.3) is 0 Å². The summed E-state index contributed by atoms with van der Waals surface area (Å²) < 4.78 is 0. The van der Waals surface area contributed by atoms with E-state index in [-0.39, 0.29) is 11.8 Å². The second kappa shape index (κ2) is 42.1. The second-order valence-electron chi connectivity index (χ2n) is 15.2. The van der Waals surface area contributed by atoms with Gasteiger partial charge in [0, 0.05) is 25.9 Å². The number of amides is 2. The van der Waals surface area contributed by atoms with Gasteiger partial charge in [-0.1, -0.05) is 219 Å². The Hall–Kier alpha value is -1.06. The first-order valence-corrected chi connectivity index (χ1v) is 22.2. The molecule has 0 fully saturated rings. The van der Waals surface area contributed by atoms with Crippen LogP contribution in [0.5, 0.6) is 0 Å². The maximum absolute atomic E-state index is 12.1. The minimum Gasteiger partial charge on any atom is -0.356 e. The van der Waals surface area contributed by atoms with Crippen molar-refractivity contribution in [3.63, 3.8) is 0 Å². The van der Waals surface area contributed by atoms with Crippen molar-refractivity contribution in [1.29, 1.82) is 0 Å². The summed E-state index contributed by atoms with van der Waals surface area (Å²) >= 11 is 0. The molecule has 0 heterocycles. The lowest BCUT2D eigenvalue weighted by Crippen LogP contribution is -2.24. The van der Waals surface area contributed by atoms with Gasteiger partial charge in [0.05, 0.1) is 0 Å². The van der Waals surface area contributed by atoms with Crippen molar-refractivity contribution in [2.45, 2.75) is 258 Å². The Morgan fingerprint density at radius 3 is 0.688 bits per heavy atom. The van der Waals surface area contributed by atoms with Crippen molar-refractivity contribution in [3.05, 3.63) is 0 Å². The first-order valence-electron chi connectivity index (χ1n) is 22.2. The topological polar surface area (TPSA) is 58.2 Å². The average molecular weight is 677 g/mol. The van der Waals surface area contributed by atoms with Crippen molar-refractivity contribution in [1.82, 2.24) is 10.6 Å². The van der Waals surface area contributed by atoms with Gasteiger partial charge in [0.25, 0.3) is 0 Å². The fourth-order valence-electron chi connectivity index (χ4n) is 6.90. The molecule has 0 rings (SSSR count). The van der Waals surface area contributed by atoms with Crippen molar-refractivity contribution >= 4 is 11.8 Å². The minimum absolute atomic E-state index is 0.241. The van der Waals surface area contributed by atoms with Gasteiger partial charge in [-0.25, -0.2) is 0 Å². The lowest BCUT2D eigenvalue weighted by atomic mass is 10.0. The molecule has 0 unspecified atom stereocenters. The smallest absolute Gasteiger partial charge is 0.219 e. The molecule has 4 heteroatoms. The van der Waals surface area contributed by atoms with Gasteiger partial charge < -0.3 is 10.6 Å². The molecule has 0 atom stereocenters. The van der Waals surface area contributed by atoms with Crippen LogP contribution in [0.3, 0.4) is 0 Å². The van der Waals surface area contributed by atoms with E-state index in [0.717, 1.165) is 38.8 Å². The van der Waals surface area contributed by atoms with Gasteiger partial charge in [-0.15, -0.1) is 0 Å². The van der Waals surface area contributed by atoms with Gasteiger partial charge in [-0.3, -0.25) is 9.59 Å². The number of carbonyl (C=O) groups excluding carboxylic acids is 2. The number of hydrogen-bond donors (Lipinski definition) is 2. The van der Waals surface area contributed by atoms with Crippen LogP contribution in [-0.2, 0) is 9.59 Å². The van der Waals surface area contributed by atoms with Crippen molar-refractivity contribution < 1.29 is 9.59 Å². The molecule has 4 nitrogen and oxygen atoms in total. The molecular weight excluding hydrogens is 588 g/mol. The fraction of sp³-hybridized carbons (Fsp3) is 0.955. The number of hydrogen-bond acceptors (Lipinski definition) is 2. The van der Waals surface area contributed by atoms with Crippen molar-refractivity contribution in [3.8, 4) is 0 Å². The Bertz CT molecular complexity index is 583. The van der Waals surface area contributed by atoms with Crippen molar-refractivity contribution in [2.24, 2.45) is 0 Å². The van der Waals surface area contributed by atoms with Gasteiger partial charge in [0.1, 0.15) is 0 Å². The Balaban J connectivity index is 3.23. The molecule has 0 radical (unpaired) electrons. The van der Waals surface area contributed by atoms with Crippen LogP contribution in [-0.4, -0.2) is 24.9 Å². The van der Waals surface area contributed by atoms with Gasteiger partial charge >= 0.3 is 0 Å². The Morgan fingerprint density at radius 1 is 0.271 bits per heavy atom. The van der Waals surface area contributed by atoms with Gasteiger partial charge in [-0.05, 0) is 25.7 Å². The molecule has 0 aromatic heterocycles. The zero-order valence-electron chi connectivity index (χ0n) is 33.1. The van der Waals surface area contributed by atoms with E-state index in [4.69, 9.17) is 0 Å². The van der Waals surface area contributed by atoms with E-state index in [1.165, 1.54) is 205 Å². The minimum atomic E-state index is 0.241. The molecule has 0 aliphatic heterocycles. The summed E-state index contributed by atoms with van der Waals surface area (Å²) in [6.45, 7) is 6.23. The molecule has 286 valence electrons. The largest absolute Gasteiger partial charge is 0.356 e. The number of nitrogens with one attached hydrogen (secondary N) is 2. The standard InChI is InChI=1S/C44H88N2O2/c1-3-5-7-9-11-13-15-17-19-21-23-25-27-31-35-39-43(47)45-41-37-33-29-30-34-38-42-46-44(48)40-36-32-28-26-24-22-20-18-16-14-12-10-8-6-4-2/h3-42H2,1-2H3,(H,45,47)(H,46,48). The third kappa shape index (κ3) is 41.1. The summed E-state index contributed by atoms with van der Waals surface area (Å²) in [5.74, 6) is 0.481.